The maximum absolute atomic E-state index is 14.5. The Labute approximate surface area is 159 Å². The van der Waals surface area contributed by atoms with Gasteiger partial charge in [0.05, 0.1) is 6.54 Å². The quantitative estimate of drug-likeness (QED) is 0.715. The van der Waals surface area contributed by atoms with Crippen LogP contribution < -0.4 is 10.6 Å². The van der Waals surface area contributed by atoms with E-state index in [0.717, 1.165) is 15.5 Å². The molecule has 2 amide bonds. The zero-order valence-corrected chi connectivity index (χ0v) is 16.5. The highest BCUT2D eigenvalue weighted by atomic mass is 31.2. The molecule has 142 valence electrons. The zero-order chi connectivity index (χ0) is 19.4. The number of hydrogen-bond donors (Lipinski definition) is 0. The molecular formula is C21H24NO4P. The molecule has 3 rings (SSSR count). The van der Waals surface area contributed by atoms with Crippen LogP contribution in [0, 0.1) is 5.92 Å². The summed E-state index contributed by atoms with van der Waals surface area (Å²) in [6.07, 6.45) is -0.579. The molecule has 0 bridgehead atoms. The molecule has 0 N–H and O–H groups in total. The molecule has 0 unspecified atom stereocenters. The Balaban J connectivity index is 2.04. The van der Waals surface area contributed by atoms with Gasteiger partial charge in [-0.3, -0.25) is 4.79 Å². The van der Waals surface area contributed by atoms with E-state index in [4.69, 9.17) is 4.74 Å². The van der Waals surface area contributed by atoms with Crippen molar-refractivity contribution in [2.75, 3.05) is 13.2 Å². The minimum absolute atomic E-state index is 0.0150. The Morgan fingerprint density at radius 2 is 1.56 bits per heavy atom. The van der Waals surface area contributed by atoms with Crippen molar-refractivity contribution in [2.45, 2.75) is 25.9 Å². The van der Waals surface area contributed by atoms with Gasteiger partial charge in [-0.05, 0) is 5.92 Å². The van der Waals surface area contributed by atoms with Crippen molar-refractivity contribution in [1.29, 1.82) is 0 Å². The molecule has 6 heteroatoms. The number of rotatable bonds is 6. The summed E-state index contributed by atoms with van der Waals surface area (Å²) in [4.78, 5) is 25.7. The van der Waals surface area contributed by atoms with Crippen LogP contribution in [-0.4, -0.2) is 35.7 Å². The van der Waals surface area contributed by atoms with E-state index >= 15 is 0 Å². The molecule has 2 aromatic rings. The van der Waals surface area contributed by atoms with Crippen molar-refractivity contribution in [2.24, 2.45) is 5.92 Å². The number of amides is 2. The van der Waals surface area contributed by atoms with E-state index in [-0.39, 0.29) is 31.4 Å². The molecule has 1 aliphatic rings. The van der Waals surface area contributed by atoms with Crippen LogP contribution in [0.1, 0.15) is 20.3 Å². The van der Waals surface area contributed by atoms with Crippen molar-refractivity contribution in [3.05, 3.63) is 60.7 Å². The summed E-state index contributed by atoms with van der Waals surface area (Å²) in [6, 6.07) is 18.7. The molecule has 2 aromatic carbocycles. The molecule has 1 atom stereocenters. The largest absolute Gasteiger partial charge is 0.447 e. The molecule has 1 fully saturated rings. The lowest BCUT2D eigenvalue weighted by Gasteiger charge is -2.32. The summed E-state index contributed by atoms with van der Waals surface area (Å²) in [5.41, 5.74) is -0.414. The van der Waals surface area contributed by atoms with Gasteiger partial charge in [-0.25, -0.2) is 9.69 Å². The van der Waals surface area contributed by atoms with Gasteiger partial charge in [-0.1, -0.05) is 74.5 Å². The first-order chi connectivity index (χ1) is 12.9. The molecule has 0 aromatic heterocycles. The fourth-order valence-electron chi connectivity index (χ4n) is 3.52. The van der Waals surface area contributed by atoms with Crippen molar-refractivity contribution in [1.82, 2.24) is 4.90 Å². The Morgan fingerprint density at radius 3 is 1.96 bits per heavy atom. The van der Waals surface area contributed by atoms with Crippen molar-refractivity contribution < 1.29 is 18.9 Å². The van der Waals surface area contributed by atoms with Crippen LogP contribution in [0.15, 0.2) is 60.7 Å². The van der Waals surface area contributed by atoms with E-state index in [1.165, 1.54) is 0 Å². The van der Waals surface area contributed by atoms with Gasteiger partial charge in [0, 0.05) is 22.7 Å². The standard InChI is InChI=1S/C21H24NO4P/c1-16(2)19(15-20(23)22-13-14-26-21(22)24)27(25,17-9-5-3-6-10-17)18-11-7-4-8-12-18/h3-12,16,19H,13-15H2,1-2H3/t19-/m0/s1. The number of ether oxygens (including phenoxy) is 1. The highest BCUT2D eigenvalue weighted by Gasteiger charge is 2.41. The normalized spacial score (nSPS) is 15.7. The van der Waals surface area contributed by atoms with Crippen molar-refractivity contribution >= 4 is 29.8 Å². The Kier molecular flexibility index (Phi) is 5.81. The van der Waals surface area contributed by atoms with Gasteiger partial charge in [0.2, 0.25) is 5.91 Å². The zero-order valence-electron chi connectivity index (χ0n) is 15.6. The molecule has 0 saturated carbocycles. The van der Waals surface area contributed by atoms with Crippen LogP contribution in [-0.2, 0) is 14.1 Å². The van der Waals surface area contributed by atoms with Crippen LogP contribution in [0.2, 0.25) is 0 Å². The average Bonchev–Trinajstić information content (AvgIpc) is 3.12. The predicted molar refractivity (Wildman–Crippen MR) is 106 cm³/mol. The van der Waals surface area contributed by atoms with Crippen LogP contribution in [0.3, 0.4) is 0 Å². The predicted octanol–water partition coefficient (Wildman–Crippen LogP) is 3.39. The van der Waals surface area contributed by atoms with Crippen LogP contribution in [0.25, 0.3) is 0 Å². The number of benzene rings is 2. The van der Waals surface area contributed by atoms with Crippen LogP contribution in [0.5, 0.6) is 0 Å². The van der Waals surface area contributed by atoms with Gasteiger partial charge in [0.25, 0.3) is 0 Å². The van der Waals surface area contributed by atoms with Crippen LogP contribution in [0.4, 0.5) is 4.79 Å². The second kappa shape index (κ2) is 8.10. The fraction of sp³-hybridized carbons (Fsp3) is 0.333. The smallest absolute Gasteiger partial charge is 0.416 e. The molecule has 0 radical (unpaired) electrons. The van der Waals surface area contributed by atoms with E-state index in [9.17, 15) is 14.2 Å². The number of nitrogens with zero attached hydrogens (tertiary/aromatic N) is 1. The summed E-state index contributed by atoms with van der Waals surface area (Å²) >= 11 is 0. The number of cyclic esters (lactones) is 1. The molecule has 0 aliphatic carbocycles. The molecule has 1 saturated heterocycles. The monoisotopic (exact) mass is 385 g/mol. The minimum Gasteiger partial charge on any atom is -0.447 e. The number of carbonyl (C=O) groups is 2. The summed E-state index contributed by atoms with van der Waals surface area (Å²) in [5.74, 6) is -0.345. The number of imide groups is 1. The van der Waals surface area contributed by atoms with E-state index < -0.39 is 18.9 Å². The molecule has 1 heterocycles. The Hall–Kier alpha value is -2.39. The van der Waals surface area contributed by atoms with Gasteiger partial charge in [-0.15, -0.1) is 0 Å². The second-order valence-corrected chi connectivity index (χ2v) is 10.0. The van der Waals surface area contributed by atoms with Gasteiger partial charge < -0.3 is 9.30 Å². The Morgan fingerprint density at radius 1 is 1.04 bits per heavy atom. The first-order valence-electron chi connectivity index (χ1n) is 9.12. The number of carbonyl (C=O) groups excluding carboxylic acids is 2. The number of hydrogen-bond acceptors (Lipinski definition) is 4. The lowest BCUT2D eigenvalue weighted by Crippen LogP contribution is -2.38. The molecule has 5 nitrogen and oxygen atoms in total. The van der Waals surface area contributed by atoms with E-state index in [2.05, 4.69) is 0 Å². The second-order valence-electron chi connectivity index (χ2n) is 7.00. The average molecular weight is 385 g/mol. The first kappa shape index (κ1) is 19.4. The first-order valence-corrected chi connectivity index (χ1v) is 10.9. The third kappa shape index (κ3) is 3.84. The Bertz CT molecular complexity index is 808. The SMILES string of the molecule is CC(C)[C@H](CC(=O)N1CCOC1=O)P(=O)(c1ccccc1)c1ccccc1. The molecule has 27 heavy (non-hydrogen) atoms. The van der Waals surface area contributed by atoms with E-state index in [1.807, 2.05) is 74.5 Å². The van der Waals surface area contributed by atoms with Crippen LogP contribution >= 0.6 is 7.14 Å². The highest BCUT2D eigenvalue weighted by Crippen LogP contribution is 2.52. The summed E-state index contributed by atoms with van der Waals surface area (Å²) < 4.78 is 19.4. The lowest BCUT2D eigenvalue weighted by molar-refractivity contribution is -0.127. The van der Waals surface area contributed by atoms with Gasteiger partial charge in [-0.2, -0.15) is 0 Å². The topological polar surface area (TPSA) is 63.7 Å². The molecular weight excluding hydrogens is 361 g/mol. The third-order valence-electron chi connectivity index (χ3n) is 4.96. The van der Waals surface area contributed by atoms with Gasteiger partial charge >= 0.3 is 6.09 Å². The van der Waals surface area contributed by atoms with Crippen molar-refractivity contribution in [3.63, 3.8) is 0 Å². The summed E-state index contributed by atoms with van der Waals surface area (Å²) in [5, 5.41) is 1.46. The summed E-state index contributed by atoms with van der Waals surface area (Å²) in [7, 11) is -3.10. The maximum Gasteiger partial charge on any atom is 0.416 e. The minimum atomic E-state index is -3.10. The van der Waals surface area contributed by atoms with Crippen molar-refractivity contribution in [3.8, 4) is 0 Å². The molecule has 0 spiro atoms. The fourth-order valence-corrected chi connectivity index (χ4v) is 7.07. The maximum atomic E-state index is 14.5. The third-order valence-corrected chi connectivity index (χ3v) is 8.81. The highest BCUT2D eigenvalue weighted by molar-refractivity contribution is 7.79. The van der Waals surface area contributed by atoms with Gasteiger partial charge in [0.15, 0.2) is 0 Å². The molecule has 1 aliphatic heterocycles. The van der Waals surface area contributed by atoms with E-state index in [0.29, 0.717) is 0 Å². The van der Waals surface area contributed by atoms with E-state index in [1.54, 1.807) is 0 Å². The van der Waals surface area contributed by atoms with Gasteiger partial charge in [0.1, 0.15) is 13.7 Å². The lowest BCUT2D eigenvalue weighted by atomic mass is 10.1. The summed E-state index contributed by atoms with van der Waals surface area (Å²) in [6.45, 7) is 4.41.